The first kappa shape index (κ1) is 13.0. The summed E-state index contributed by atoms with van der Waals surface area (Å²) >= 11 is 0. The lowest BCUT2D eigenvalue weighted by Gasteiger charge is -2.27. The summed E-state index contributed by atoms with van der Waals surface area (Å²) in [5.41, 5.74) is 0. The number of ether oxygens (including phenoxy) is 2. The fraction of sp³-hybridized carbons (Fsp3) is 0.818. The van der Waals surface area contributed by atoms with Crippen molar-refractivity contribution in [3.63, 3.8) is 0 Å². The van der Waals surface area contributed by atoms with Crippen LogP contribution in [0.15, 0.2) is 0 Å². The Morgan fingerprint density at radius 3 is 2.38 bits per heavy atom. The molecular formula is C11H18O5. The molecule has 0 aromatic carbocycles. The van der Waals surface area contributed by atoms with E-state index in [0.29, 0.717) is 12.5 Å². The van der Waals surface area contributed by atoms with E-state index in [4.69, 9.17) is 14.6 Å². The number of carbonyl (C=O) groups is 2. The van der Waals surface area contributed by atoms with E-state index in [9.17, 15) is 9.59 Å². The summed E-state index contributed by atoms with van der Waals surface area (Å²) < 4.78 is 10.2. The summed E-state index contributed by atoms with van der Waals surface area (Å²) in [6, 6.07) is 0. The summed E-state index contributed by atoms with van der Waals surface area (Å²) in [5.74, 6) is -0.778. The number of hydrogen-bond acceptors (Lipinski definition) is 4. The van der Waals surface area contributed by atoms with Crippen molar-refractivity contribution in [1.82, 2.24) is 0 Å². The summed E-state index contributed by atoms with van der Waals surface area (Å²) in [4.78, 5) is 20.9. The molecule has 1 rings (SSSR count). The van der Waals surface area contributed by atoms with Gasteiger partial charge in [0.1, 0.15) is 6.61 Å². The van der Waals surface area contributed by atoms with E-state index in [1.54, 1.807) is 0 Å². The molecule has 5 heteroatoms. The van der Waals surface area contributed by atoms with E-state index in [1.165, 1.54) is 6.92 Å². The van der Waals surface area contributed by atoms with Crippen molar-refractivity contribution in [3.8, 4) is 0 Å². The van der Waals surface area contributed by atoms with Gasteiger partial charge >= 0.3 is 11.9 Å². The highest BCUT2D eigenvalue weighted by atomic mass is 16.5. The highest BCUT2D eigenvalue weighted by Crippen LogP contribution is 2.26. The number of carbonyl (C=O) groups excluding carboxylic acids is 1. The van der Waals surface area contributed by atoms with Crippen LogP contribution in [0.5, 0.6) is 0 Å². The minimum absolute atomic E-state index is 0.0460. The maximum atomic E-state index is 10.6. The van der Waals surface area contributed by atoms with Gasteiger partial charge in [0, 0.05) is 6.92 Å². The number of aliphatic carboxylic acids is 1. The lowest BCUT2D eigenvalue weighted by Crippen LogP contribution is -2.26. The zero-order chi connectivity index (χ0) is 12.0. The summed E-state index contributed by atoms with van der Waals surface area (Å²) in [7, 11) is 0. The third kappa shape index (κ3) is 5.11. The van der Waals surface area contributed by atoms with Crippen molar-refractivity contribution in [3.05, 3.63) is 0 Å². The van der Waals surface area contributed by atoms with Crippen molar-refractivity contribution >= 4 is 11.9 Å². The minimum Gasteiger partial charge on any atom is -0.480 e. The monoisotopic (exact) mass is 230 g/mol. The molecule has 0 aliphatic heterocycles. The number of hydrogen-bond donors (Lipinski definition) is 1. The molecule has 0 atom stereocenters. The summed E-state index contributed by atoms with van der Waals surface area (Å²) in [5, 5.41) is 8.46. The maximum absolute atomic E-state index is 10.6. The van der Waals surface area contributed by atoms with Gasteiger partial charge in [0.05, 0.1) is 12.7 Å². The van der Waals surface area contributed by atoms with Crippen molar-refractivity contribution in [2.75, 3.05) is 13.2 Å². The lowest BCUT2D eigenvalue weighted by molar-refractivity contribution is -0.147. The van der Waals surface area contributed by atoms with Gasteiger partial charge in [-0.25, -0.2) is 4.79 Å². The van der Waals surface area contributed by atoms with Gasteiger partial charge in [-0.2, -0.15) is 0 Å². The normalized spacial score (nSPS) is 25.1. The molecule has 0 amide bonds. The maximum Gasteiger partial charge on any atom is 0.329 e. The lowest BCUT2D eigenvalue weighted by atomic mass is 9.88. The number of rotatable bonds is 5. The van der Waals surface area contributed by atoms with Crippen LogP contribution in [-0.2, 0) is 19.1 Å². The van der Waals surface area contributed by atoms with Gasteiger partial charge in [0.2, 0.25) is 0 Å². The molecule has 92 valence electrons. The molecule has 1 fully saturated rings. The molecule has 0 radical (unpaired) electrons. The van der Waals surface area contributed by atoms with E-state index < -0.39 is 5.97 Å². The Morgan fingerprint density at radius 2 is 1.88 bits per heavy atom. The molecule has 1 aliphatic rings. The Labute approximate surface area is 94.7 Å². The predicted molar refractivity (Wildman–Crippen MR) is 56.0 cm³/mol. The molecule has 5 nitrogen and oxygen atoms in total. The highest BCUT2D eigenvalue weighted by Gasteiger charge is 2.22. The van der Waals surface area contributed by atoms with Gasteiger partial charge in [-0.15, -0.1) is 0 Å². The molecule has 0 unspecified atom stereocenters. The van der Waals surface area contributed by atoms with Gasteiger partial charge in [-0.3, -0.25) is 4.79 Å². The van der Waals surface area contributed by atoms with Crippen LogP contribution in [0.25, 0.3) is 0 Å². The quantitative estimate of drug-likeness (QED) is 0.719. The van der Waals surface area contributed by atoms with Gasteiger partial charge in [-0.1, -0.05) is 0 Å². The zero-order valence-corrected chi connectivity index (χ0v) is 9.48. The van der Waals surface area contributed by atoms with Gasteiger partial charge in [0.15, 0.2) is 0 Å². The fourth-order valence-corrected chi connectivity index (χ4v) is 1.89. The largest absolute Gasteiger partial charge is 0.480 e. The molecule has 0 spiro atoms. The molecule has 0 aromatic rings. The van der Waals surface area contributed by atoms with E-state index in [1.807, 2.05) is 0 Å². The van der Waals surface area contributed by atoms with E-state index >= 15 is 0 Å². The van der Waals surface area contributed by atoms with Crippen molar-refractivity contribution in [2.24, 2.45) is 5.92 Å². The molecular weight excluding hydrogens is 212 g/mol. The number of esters is 1. The first-order chi connectivity index (χ1) is 7.58. The summed E-state index contributed by atoms with van der Waals surface area (Å²) in [6.45, 7) is 1.65. The van der Waals surface area contributed by atoms with Gasteiger partial charge in [0.25, 0.3) is 0 Å². The average molecular weight is 230 g/mol. The SMILES string of the molecule is CC(=O)OCC1CCC(OCC(=O)O)CC1. The van der Waals surface area contributed by atoms with Crippen LogP contribution in [0.4, 0.5) is 0 Å². The smallest absolute Gasteiger partial charge is 0.329 e. The number of carboxylic acids is 1. The minimum atomic E-state index is -0.929. The van der Waals surface area contributed by atoms with Crippen LogP contribution >= 0.6 is 0 Å². The fourth-order valence-electron chi connectivity index (χ4n) is 1.89. The Bertz CT molecular complexity index is 217. The predicted octanol–water partition coefficient (Wildman–Crippen LogP) is 1.21. The van der Waals surface area contributed by atoms with Crippen LogP contribution < -0.4 is 0 Å². The van der Waals surface area contributed by atoms with Crippen molar-refractivity contribution < 1.29 is 24.2 Å². The second kappa shape index (κ2) is 6.48. The molecule has 0 heterocycles. The van der Waals surface area contributed by atoms with E-state index in [0.717, 1.165) is 25.7 Å². The van der Waals surface area contributed by atoms with Crippen molar-refractivity contribution in [1.29, 1.82) is 0 Å². The van der Waals surface area contributed by atoms with Gasteiger partial charge < -0.3 is 14.6 Å². The van der Waals surface area contributed by atoms with Crippen LogP contribution in [0, 0.1) is 5.92 Å². The Morgan fingerprint density at radius 1 is 1.25 bits per heavy atom. The Kier molecular flexibility index (Phi) is 5.25. The van der Waals surface area contributed by atoms with Crippen LogP contribution in [0.3, 0.4) is 0 Å². The molecule has 0 aromatic heterocycles. The molecule has 1 N–H and O–H groups in total. The number of carboxylic acid groups (broad SMARTS) is 1. The van der Waals surface area contributed by atoms with E-state index in [2.05, 4.69) is 0 Å². The molecule has 1 aliphatic carbocycles. The zero-order valence-electron chi connectivity index (χ0n) is 9.48. The molecule has 1 saturated carbocycles. The van der Waals surface area contributed by atoms with E-state index in [-0.39, 0.29) is 18.7 Å². The van der Waals surface area contributed by atoms with Crippen LogP contribution in [0.2, 0.25) is 0 Å². The van der Waals surface area contributed by atoms with Crippen LogP contribution in [0.1, 0.15) is 32.6 Å². The Balaban J connectivity index is 2.13. The standard InChI is InChI=1S/C11H18O5/c1-8(12)15-6-9-2-4-10(5-3-9)16-7-11(13)14/h9-10H,2-7H2,1H3,(H,13,14). The Hall–Kier alpha value is -1.10. The molecule has 16 heavy (non-hydrogen) atoms. The van der Waals surface area contributed by atoms with Crippen LogP contribution in [-0.4, -0.2) is 36.4 Å². The van der Waals surface area contributed by atoms with Crippen molar-refractivity contribution in [2.45, 2.75) is 38.7 Å². The third-order valence-corrected chi connectivity index (χ3v) is 2.76. The molecule has 0 bridgehead atoms. The second-order valence-electron chi connectivity index (χ2n) is 4.15. The molecule has 0 saturated heterocycles. The first-order valence-electron chi connectivity index (χ1n) is 5.54. The highest BCUT2D eigenvalue weighted by molar-refractivity contribution is 5.68. The third-order valence-electron chi connectivity index (χ3n) is 2.76. The second-order valence-corrected chi connectivity index (χ2v) is 4.15. The average Bonchev–Trinajstić information content (AvgIpc) is 2.25. The first-order valence-corrected chi connectivity index (χ1v) is 5.54. The van der Waals surface area contributed by atoms with Gasteiger partial charge in [-0.05, 0) is 31.6 Å². The summed E-state index contributed by atoms with van der Waals surface area (Å²) in [6.07, 6.45) is 3.60. The topological polar surface area (TPSA) is 72.8 Å².